The highest BCUT2D eigenvalue weighted by atomic mass is 16.5. The Morgan fingerprint density at radius 3 is 1.49 bits per heavy atom. The first-order chi connectivity index (χ1) is 30.8. The van der Waals surface area contributed by atoms with E-state index in [9.17, 15) is 9.59 Å². The molecule has 6 nitrogen and oxygen atoms in total. The lowest BCUT2D eigenvalue weighted by Gasteiger charge is -2.43. The van der Waals surface area contributed by atoms with E-state index in [0.29, 0.717) is 36.5 Å². The normalized spacial score (nSPS) is 16.9. The summed E-state index contributed by atoms with van der Waals surface area (Å²) >= 11 is 0. The van der Waals surface area contributed by atoms with Gasteiger partial charge in [-0.05, 0) is 166 Å². The first-order valence-electron chi connectivity index (χ1n) is 23.5. The molecule has 0 saturated heterocycles. The summed E-state index contributed by atoms with van der Waals surface area (Å²) < 4.78 is 25.2. The van der Waals surface area contributed by atoms with Crippen LogP contribution in [0.1, 0.15) is 142 Å². The molecule has 0 spiro atoms. The second kappa shape index (κ2) is 17.8. The van der Waals surface area contributed by atoms with Gasteiger partial charge in [-0.25, -0.2) is 0 Å². The Labute approximate surface area is 387 Å². The summed E-state index contributed by atoms with van der Waals surface area (Å²) in [6, 6.07) is 45.8. The molecule has 6 aromatic carbocycles. The largest absolute Gasteiger partial charge is 0.488 e. The smallest absolute Gasteiger partial charge is 0.321 e. The zero-order valence-corrected chi connectivity index (χ0v) is 40.7. The average Bonchev–Trinajstić information content (AvgIpc) is 3.65. The number of ether oxygens (including phenoxy) is 4. The van der Waals surface area contributed by atoms with Crippen molar-refractivity contribution >= 4 is 22.7 Å². The maximum Gasteiger partial charge on any atom is 0.321 e. The predicted octanol–water partition coefficient (Wildman–Crippen LogP) is 14.5. The molecule has 1 aliphatic carbocycles. The zero-order chi connectivity index (χ0) is 47.0. The van der Waals surface area contributed by atoms with Crippen molar-refractivity contribution in [3.05, 3.63) is 167 Å². The second-order valence-corrected chi connectivity index (χ2v) is 20.2. The van der Waals surface area contributed by atoms with Gasteiger partial charge >= 0.3 is 11.9 Å². The van der Waals surface area contributed by atoms with Crippen LogP contribution >= 0.6 is 0 Å². The van der Waals surface area contributed by atoms with Crippen LogP contribution in [-0.2, 0) is 26.8 Å². The maximum atomic E-state index is 14.5. The van der Waals surface area contributed by atoms with Crippen LogP contribution in [0.2, 0.25) is 0 Å². The van der Waals surface area contributed by atoms with Crippen LogP contribution in [-0.4, -0.2) is 23.1 Å². The molecule has 0 amide bonds. The summed E-state index contributed by atoms with van der Waals surface area (Å²) in [5, 5.41) is 2.53. The van der Waals surface area contributed by atoms with Gasteiger partial charge in [0, 0.05) is 10.8 Å². The molecule has 0 N–H and O–H groups in total. The molecule has 0 bridgehead atoms. The van der Waals surface area contributed by atoms with Crippen LogP contribution in [0, 0.1) is 10.8 Å². The van der Waals surface area contributed by atoms with E-state index >= 15 is 0 Å². The summed E-state index contributed by atoms with van der Waals surface area (Å²) in [6.07, 6.45) is 3.51. The fourth-order valence-corrected chi connectivity index (χ4v) is 9.21. The predicted molar refractivity (Wildman–Crippen MR) is 263 cm³/mol. The van der Waals surface area contributed by atoms with E-state index < -0.39 is 21.8 Å². The molecule has 0 heterocycles. The first kappa shape index (κ1) is 47.1. The topological polar surface area (TPSA) is 71.1 Å². The molecule has 0 saturated carbocycles. The van der Waals surface area contributed by atoms with Gasteiger partial charge in [-0.1, -0.05) is 126 Å². The van der Waals surface area contributed by atoms with Crippen molar-refractivity contribution in [2.24, 2.45) is 10.8 Å². The fourth-order valence-electron chi connectivity index (χ4n) is 9.21. The van der Waals surface area contributed by atoms with Gasteiger partial charge in [-0.15, -0.1) is 0 Å². The second-order valence-electron chi connectivity index (χ2n) is 20.2. The highest BCUT2D eigenvalue weighted by Gasteiger charge is 2.52. The lowest BCUT2D eigenvalue weighted by molar-refractivity contribution is -0.159. The van der Waals surface area contributed by atoms with Crippen molar-refractivity contribution in [2.45, 2.75) is 137 Å². The van der Waals surface area contributed by atoms with Gasteiger partial charge in [0.2, 0.25) is 0 Å². The SMILES string of the molecule is CCC(C)(C)Oc1ccc(C2(c3ccc(OC(=O)C(C)(CC)C(C)(CC)Oc4ccc(C(C)(C)c5ccc(OC(=O)C(C)(C)CC)cc5)cc4)cc3)Cc3cccc4cccc2c34)cc1. The Bertz CT molecular complexity index is 2630. The van der Waals surface area contributed by atoms with Crippen LogP contribution in [0.25, 0.3) is 10.8 Å². The molecule has 3 unspecified atom stereocenters. The highest BCUT2D eigenvalue weighted by Crippen LogP contribution is 2.51. The fraction of sp³-hybridized carbons (Fsp3) is 0.390. The van der Waals surface area contributed by atoms with Crippen molar-refractivity contribution in [1.82, 2.24) is 0 Å². The van der Waals surface area contributed by atoms with Gasteiger partial charge in [0.05, 0.1) is 5.41 Å². The van der Waals surface area contributed by atoms with Crippen LogP contribution < -0.4 is 18.9 Å². The Morgan fingerprint density at radius 1 is 0.508 bits per heavy atom. The molecule has 7 rings (SSSR count). The lowest BCUT2D eigenvalue weighted by Crippen LogP contribution is -2.54. The summed E-state index contributed by atoms with van der Waals surface area (Å²) in [5.74, 6) is 2.00. The first-order valence-corrected chi connectivity index (χ1v) is 23.5. The van der Waals surface area contributed by atoms with Crippen LogP contribution in [0.3, 0.4) is 0 Å². The van der Waals surface area contributed by atoms with Crippen LogP contribution in [0.15, 0.2) is 133 Å². The number of rotatable bonds is 17. The summed E-state index contributed by atoms with van der Waals surface area (Å²) in [4.78, 5) is 27.1. The van der Waals surface area contributed by atoms with E-state index in [1.54, 1.807) is 0 Å². The monoisotopic (exact) mass is 873 g/mol. The Kier molecular flexibility index (Phi) is 12.9. The minimum atomic E-state index is -0.976. The minimum Gasteiger partial charge on any atom is -0.488 e. The summed E-state index contributed by atoms with van der Waals surface area (Å²) in [7, 11) is 0. The molecular weight excluding hydrogens is 805 g/mol. The van der Waals surface area contributed by atoms with Gasteiger partial charge < -0.3 is 18.9 Å². The highest BCUT2D eigenvalue weighted by molar-refractivity contribution is 5.94. The standard InChI is InChI=1S/C59H68O6/c1-13-54(5,6)52(60)62-46-31-23-42(24-32-46)56(9,10)43-25-35-49(36-26-43)65-58(12,16-4)57(11,15-3)53(61)63-47-33-27-44(28-34-47)59(45-29-37-48(38-30-45)64-55(7,8)14-2)39-41-21-17-19-40-20-18-22-50(59)51(40)41/h17-38H,13-16,39H2,1-12H3. The summed E-state index contributed by atoms with van der Waals surface area (Å²) in [6.45, 7) is 24.5. The Morgan fingerprint density at radius 2 is 0.985 bits per heavy atom. The quantitative estimate of drug-likeness (QED) is 0.0672. The maximum absolute atomic E-state index is 14.5. The summed E-state index contributed by atoms with van der Waals surface area (Å²) in [5.41, 5.74) is 3.64. The third kappa shape index (κ3) is 8.81. The zero-order valence-electron chi connectivity index (χ0n) is 40.7. The van der Waals surface area contributed by atoms with E-state index in [1.165, 1.54) is 27.5 Å². The minimum absolute atomic E-state index is 0.234. The van der Waals surface area contributed by atoms with E-state index in [0.717, 1.165) is 35.3 Å². The van der Waals surface area contributed by atoms with E-state index in [-0.39, 0.29) is 23.0 Å². The number of benzene rings is 6. The lowest BCUT2D eigenvalue weighted by atomic mass is 9.69. The van der Waals surface area contributed by atoms with Gasteiger partial charge in [0.1, 0.15) is 39.6 Å². The van der Waals surface area contributed by atoms with Crippen molar-refractivity contribution < 1.29 is 28.5 Å². The molecule has 0 aliphatic heterocycles. The number of carbonyl (C=O) groups excluding carboxylic acids is 2. The van der Waals surface area contributed by atoms with Crippen molar-refractivity contribution in [3.8, 4) is 23.0 Å². The van der Waals surface area contributed by atoms with Gasteiger partial charge in [0.25, 0.3) is 0 Å². The molecule has 0 aromatic heterocycles. The average molecular weight is 873 g/mol. The number of esters is 2. The van der Waals surface area contributed by atoms with Gasteiger partial charge in [-0.2, -0.15) is 0 Å². The molecular formula is C59H68O6. The molecule has 65 heavy (non-hydrogen) atoms. The van der Waals surface area contributed by atoms with Crippen LogP contribution in [0.5, 0.6) is 23.0 Å². The molecule has 1 aliphatic rings. The number of carbonyl (C=O) groups is 2. The van der Waals surface area contributed by atoms with E-state index in [1.807, 2.05) is 90.1 Å². The molecule has 6 aromatic rings. The molecule has 340 valence electrons. The number of hydrogen-bond donors (Lipinski definition) is 0. The Balaban J connectivity index is 1.10. The van der Waals surface area contributed by atoms with E-state index in [2.05, 4.69) is 126 Å². The molecule has 6 heteroatoms. The number of hydrogen-bond acceptors (Lipinski definition) is 6. The molecule has 0 fully saturated rings. The van der Waals surface area contributed by atoms with Crippen molar-refractivity contribution in [2.75, 3.05) is 0 Å². The van der Waals surface area contributed by atoms with Crippen molar-refractivity contribution in [1.29, 1.82) is 0 Å². The van der Waals surface area contributed by atoms with E-state index in [4.69, 9.17) is 18.9 Å². The third-order valence-corrected chi connectivity index (χ3v) is 15.2. The molecule has 0 radical (unpaired) electrons. The van der Waals surface area contributed by atoms with Gasteiger partial charge in [0.15, 0.2) is 0 Å². The Hall–Kier alpha value is -5.88. The van der Waals surface area contributed by atoms with Gasteiger partial charge in [-0.3, -0.25) is 9.59 Å². The molecule has 3 atom stereocenters. The third-order valence-electron chi connectivity index (χ3n) is 15.2. The van der Waals surface area contributed by atoms with Crippen molar-refractivity contribution in [3.63, 3.8) is 0 Å². The van der Waals surface area contributed by atoms with Crippen LogP contribution in [0.4, 0.5) is 0 Å².